The van der Waals surface area contributed by atoms with Crippen LogP contribution in [0, 0.1) is 0 Å². The first-order valence-corrected chi connectivity index (χ1v) is 12.5. The molecule has 0 aromatic carbocycles. The summed E-state index contributed by atoms with van der Waals surface area (Å²) in [6.07, 6.45) is 21.1. The second kappa shape index (κ2) is 23.2. The summed E-state index contributed by atoms with van der Waals surface area (Å²) in [6.45, 7) is 5.43. The predicted molar refractivity (Wildman–Crippen MR) is 121 cm³/mol. The van der Waals surface area contributed by atoms with Gasteiger partial charge in [-0.3, -0.25) is 9.59 Å². The van der Waals surface area contributed by atoms with Crippen molar-refractivity contribution in [3.63, 3.8) is 0 Å². The fraction of sp³-hybridized carbons (Fsp3) is 0.920. The van der Waals surface area contributed by atoms with Crippen LogP contribution in [-0.2, 0) is 19.1 Å². The average Bonchev–Trinajstić information content (AvgIpc) is 2.71. The number of rotatable bonds is 22. The molecular weight excluding hydrogens is 364 g/mol. The molecule has 0 aromatic rings. The van der Waals surface area contributed by atoms with Crippen molar-refractivity contribution < 1.29 is 19.1 Å². The summed E-state index contributed by atoms with van der Waals surface area (Å²) in [7, 11) is 0. The number of ether oxygens (including phenoxy) is 2. The fourth-order valence-electron chi connectivity index (χ4n) is 3.37. The van der Waals surface area contributed by atoms with Gasteiger partial charge in [0.1, 0.15) is 0 Å². The van der Waals surface area contributed by atoms with Gasteiger partial charge in [0.05, 0.1) is 13.2 Å². The lowest BCUT2D eigenvalue weighted by Crippen LogP contribution is -2.09. The van der Waals surface area contributed by atoms with Gasteiger partial charge in [-0.05, 0) is 19.3 Å². The van der Waals surface area contributed by atoms with Crippen LogP contribution in [0.25, 0.3) is 0 Å². The van der Waals surface area contributed by atoms with Crippen LogP contribution in [0.1, 0.15) is 136 Å². The molecule has 0 heterocycles. The van der Waals surface area contributed by atoms with Gasteiger partial charge in [-0.15, -0.1) is 0 Å². The van der Waals surface area contributed by atoms with Crippen LogP contribution in [0.3, 0.4) is 0 Å². The maximum absolute atomic E-state index is 11.7. The SMILES string of the molecule is CCCCCCCCCCCCCCOC(=O)CCCC(=O)OCCCCCC. The summed E-state index contributed by atoms with van der Waals surface area (Å²) in [5, 5.41) is 0. The van der Waals surface area contributed by atoms with Gasteiger partial charge in [-0.2, -0.15) is 0 Å². The highest BCUT2D eigenvalue weighted by molar-refractivity contribution is 5.72. The molecule has 4 nitrogen and oxygen atoms in total. The molecule has 0 bridgehead atoms. The molecule has 0 aliphatic rings. The number of hydrogen-bond acceptors (Lipinski definition) is 4. The lowest BCUT2D eigenvalue weighted by atomic mass is 10.1. The Balaban J connectivity index is 3.26. The van der Waals surface area contributed by atoms with E-state index in [2.05, 4.69) is 13.8 Å². The minimum absolute atomic E-state index is 0.191. The van der Waals surface area contributed by atoms with Gasteiger partial charge in [0.15, 0.2) is 0 Å². The van der Waals surface area contributed by atoms with Crippen molar-refractivity contribution in [2.24, 2.45) is 0 Å². The molecule has 0 unspecified atom stereocenters. The summed E-state index contributed by atoms with van der Waals surface area (Å²) in [6, 6.07) is 0. The van der Waals surface area contributed by atoms with Gasteiger partial charge in [-0.1, -0.05) is 104 Å². The first kappa shape index (κ1) is 27.9. The molecule has 0 fully saturated rings. The molecule has 29 heavy (non-hydrogen) atoms. The van der Waals surface area contributed by atoms with Crippen molar-refractivity contribution in [2.45, 2.75) is 136 Å². The number of unbranched alkanes of at least 4 members (excludes halogenated alkanes) is 14. The molecule has 0 aliphatic heterocycles. The van der Waals surface area contributed by atoms with E-state index in [1.165, 1.54) is 77.0 Å². The summed E-state index contributed by atoms with van der Waals surface area (Å²) < 4.78 is 10.4. The van der Waals surface area contributed by atoms with Gasteiger partial charge in [0, 0.05) is 12.8 Å². The predicted octanol–water partition coefficient (Wildman–Crippen LogP) is 7.52. The Bertz CT molecular complexity index is 368. The zero-order valence-corrected chi connectivity index (χ0v) is 19.5. The molecule has 0 atom stereocenters. The average molecular weight is 413 g/mol. The largest absolute Gasteiger partial charge is 0.466 e. The molecule has 4 heteroatoms. The van der Waals surface area contributed by atoms with Crippen LogP contribution in [0.2, 0.25) is 0 Å². The quantitative estimate of drug-likeness (QED) is 0.136. The van der Waals surface area contributed by atoms with E-state index in [0.717, 1.165) is 25.7 Å². The molecule has 0 rings (SSSR count). The Hall–Kier alpha value is -1.06. The Kier molecular flexibility index (Phi) is 22.4. The lowest BCUT2D eigenvalue weighted by Gasteiger charge is -2.06. The van der Waals surface area contributed by atoms with Crippen molar-refractivity contribution in [3.8, 4) is 0 Å². The third-order valence-corrected chi connectivity index (χ3v) is 5.28. The maximum atomic E-state index is 11.7. The Labute approximate surface area is 180 Å². The first-order valence-electron chi connectivity index (χ1n) is 12.5. The highest BCUT2D eigenvalue weighted by Gasteiger charge is 2.07. The van der Waals surface area contributed by atoms with Gasteiger partial charge < -0.3 is 9.47 Å². The lowest BCUT2D eigenvalue weighted by molar-refractivity contribution is -0.145. The Morgan fingerprint density at radius 1 is 0.448 bits per heavy atom. The normalized spacial score (nSPS) is 10.8. The minimum Gasteiger partial charge on any atom is -0.466 e. The molecule has 172 valence electrons. The topological polar surface area (TPSA) is 52.6 Å². The molecule has 0 aliphatic carbocycles. The number of carbonyl (C=O) groups excluding carboxylic acids is 2. The summed E-state index contributed by atoms with van der Waals surface area (Å²) >= 11 is 0. The van der Waals surface area contributed by atoms with E-state index in [9.17, 15) is 9.59 Å². The third kappa shape index (κ3) is 23.1. The van der Waals surface area contributed by atoms with E-state index in [-0.39, 0.29) is 11.9 Å². The molecule has 0 saturated heterocycles. The Morgan fingerprint density at radius 2 is 0.759 bits per heavy atom. The molecule has 0 aromatic heterocycles. The van der Waals surface area contributed by atoms with Crippen LogP contribution in [-0.4, -0.2) is 25.2 Å². The molecule has 0 radical (unpaired) electrons. The van der Waals surface area contributed by atoms with Gasteiger partial charge in [0.25, 0.3) is 0 Å². The minimum atomic E-state index is -0.199. The van der Waals surface area contributed by atoms with Crippen molar-refractivity contribution in [3.05, 3.63) is 0 Å². The van der Waals surface area contributed by atoms with Crippen LogP contribution < -0.4 is 0 Å². The van der Waals surface area contributed by atoms with E-state index in [1.807, 2.05) is 0 Å². The highest BCUT2D eigenvalue weighted by Crippen LogP contribution is 2.12. The monoisotopic (exact) mass is 412 g/mol. The molecule has 0 saturated carbocycles. The number of carbonyl (C=O) groups is 2. The van der Waals surface area contributed by atoms with Crippen LogP contribution in [0.5, 0.6) is 0 Å². The van der Waals surface area contributed by atoms with Crippen LogP contribution in [0.4, 0.5) is 0 Å². The Morgan fingerprint density at radius 3 is 1.14 bits per heavy atom. The van der Waals surface area contributed by atoms with Gasteiger partial charge in [-0.25, -0.2) is 0 Å². The fourth-order valence-corrected chi connectivity index (χ4v) is 3.37. The second-order valence-corrected chi connectivity index (χ2v) is 8.24. The zero-order valence-electron chi connectivity index (χ0n) is 19.5. The third-order valence-electron chi connectivity index (χ3n) is 5.28. The highest BCUT2D eigenvalue weighted by atomic mass is 16.5. The van der Waals surface area contributed by atoms with Crippen molar-refractivity contribution in [2.75, 3.05) is 13.2 Å². The van der Waals surface area contributed by atoms with E-state index in [0.29, 0.717) is 32.5 Å². The zero-order chi connectivity index (χ0) is 21.4. The number of esters is 2. The molecule has 0 amide bonds. The van der Waals surface area contributed by atoms with E-state index in [1.54, 1.807) is 0 Å². The first-order chi connectivity index (χ1) is 14.2. The maximum Gasteiger partial charge on any atom is 0.305 e. The summed E-state index contributed by atoms with van der Waals surface area (Å²) in [4.78, 5) is 23.3. The van der Waals surface area contributed by atoms with Crippen LogP contribution in [0.15, 0.2) is 0 Å². The van der Waals surface area contributed by atoms with Crippen molar-refractivity contribution in [1.29, 1.82) is 0 Å². The van der Waals surface area contributed by atoms with Gasteiger partial charge >= 0.3 is 11.9 Å². The second-order valence-electron chi connectivity index (χ2n) is 8.24. The van der Waals surface area contributed by atoms with Crippen molar-refractivity contribution >= 4 is 11.9 Å². The molecule has 0 N–H and O–H groups in total. The van der Waals surface area contributed by atoms with Crippen LogP contribution >= 0.6 is 0 Å². The molecular formula is C25H48O4. The van der Waals surface area contributed by atoms with E-state index < -0.39 is 0 Å². The summed E-state index contributed by atoms with van der Waals surface area (Å²) in [5.41, 5.74) is 0. The van der Waals surface area contributed by atoms with E-state index in [4.69, 9.17) is 9.47 Å². The number of hydrogen-bond donors (Lipinski definition) is 0. The summed E-state index contributed by atoms with van der Waals surface area (Å²) in [5.74, 6) is -0.390. The van der Waals surface area contributed by atoms with Crippen molar-refractivity contribution in [1.82, 2.24) is 0 Å². The molecule has 0 spiro atoms. The van der Waals surface area contributed by atoms with E-state index >= 15 is 0 Å². The van der Waals surface area contributed by atoms with Gasteiger partial charge in [0.2, 0.25) is 0 Å². The standard InChI is InChI=1S/C25H48O4/c1-3-5-7-9-10-11-12-13-14-15-16-18-23-29-25(27)21-19-20-24(26)28-22-17-8-6-4-2/h3-23H2,1-2H3. The smallest absolute Gasteiger partial charge is 0.305 e.